The molecular weight excluding hydrogens is 364 g/mol. The van der Waals surface area contributed by atoms with Crippen LogP contribution in [0.3, 0.4) is 0 Å². The van der Waals surface area contributed by atoms with Crippen molar-refractivity contribution in [1.29, 1.82) is 0 Å². The number of nitrogens with zero attached hydrogens (tertiary/aromatic N) is 2. The summed E-state index contributed by atoms with van der Waals surface area (Å²) in [5, 5.41) is 10.8. The Morgan fingerprint density at radius 3 is 2.63 bits per heavy atom. The molecule has 6 heteroatoms. The number of aromatic hydroxyl groups is 1. The molecule has 138 valence electrons. The van der Waals surface area contributed by atoms with E-state index in [2.05, 4.69) is 4.98 Å². The van der Waals surface area contributed by atoms with E-state index in [9.17, 15) is 9.90 Å². The Hall–Kier alpha value is -3.05. The smallest absolute Gasteiger partial charge is 0.265 e. The van der Waals surface area contributed by atoms with E-state index < -0.39 is 0 Å². The molecule has 1 heterocycles. The summed E-state index contributed by atoms with van der Waals surface area (Å²) in [5.74, 6) is 0.277. The third-order valence-electron chi connectivity index (χ3n) is 4.01. The van der Waals surface area contributed by atoms with Gasteiger partial charge in [-0.15, -0.1) is 0 Å². The van der Waals surface area contributed by atoms with Crippen LogP contribution in [0.4, 0.5) is 5.69 Å². The maximum atomic E-state index is 12.9. The molecule has 1 N–H and O–H groups in total. The fraction of sp³-hybridized carbons (Fsp3) is 0.143. The number of aryl methyl sites for hydroxylation is 1. The van der Waals surface area contributed by atoms with Crippen molar-refractivity contribution in [2.45, 2.75) is 13.5 Å². The first-order valence-electron chi connectivity index (χ1n) is 8.42. The minimum Gasteiger partial charge on any atom is -0.506 e. The lowest BCUT2D eigenvalue weighted by Crippen LogP contribution is -2.34. The van der Waals surface area contributed by atoms with Crippen molar-refractivity contribution in [1.82, 2.24) is 4.98 Å². The lowest BCUT2D eigenvalue weighted by Gasteiger charge is -2.23. The molecule has 3 aromatic rings. The predicted molar refractivity (Wildman–Crippen MR) is 105 cm³/mol. The van der Waals surface area contributed by atoms with Crippen molar-refractivity contribution in [2.75, 3.05) is 11.5 Å². The lowest BCUT2D eigenvalue weighted by molar-refractivity contribution is -0.120. The van der Waals surface area contributed by atoms with Gasteiger partial charge in [0.1, 0.15) is 11.5 Å². The van der Waals surface area contributed by atoms with Crippen molar-refractivity contribution < 1.29 is 14.6 Å². The summed E-state index contributed by atoms with van der Waals surface area (Å²) >= 11 is 6.02. The molecule has 2 aromatic carbocycles. The Kier molecular flexibility index (Phi) is 5.94. The number of anilines is 1. The highest BCUT2D eigenvalue weighted by Crippen LogP contribution is 2.28. The molecule has 3 rings (SSSR count). The van der Waals surface area contributed by atoms with E-state index >= 15 is 0 Å². The van der Waals surface area contributed by atoms with Crippen LogP contribution in [-0.2, 0) is 11.3 Å². The fourth-order valence-corrected chi connectivity index (χ4v) is 2.70. The molecule has 0 aliphatic rings. The summed E-state index contributed by atoms with van der Waals surface area (Å²) in [4.78, 5) is 18.6. The number of carbonyl (C=O) groups is 1. The van der Waals surface area contributed by atoms with Gasteiger partial charge in [0.2, 0.25) is 0 Å². The molecule has 0 saturated carbocycles. The maximum absolute atomic E-state index is 12.9. The van der Waals surface area contributed by atoms with Gasteiger partial charge in [-0.2, -0.15) is 0 Å². The SMILES string of the molecule is Cc1cc(OCC(=O)N(Cc2ccccn2)c2ccccc2O)ccc1Cl. The molecule has 0 bridgehead atoms. The first-order valence-corrected chi connectivity index (χ1v) is 8.79. The Morgan fingerprint density at radius 2 is 1.93 bits per heavy atom. The molecule has 1 amide bonds. The highest BCUT2D eigenvalue weighted by Gasteiger charge is 2.20. The van der Waals surface area contributed by atoms with Gasteiger partial charge < -0.3 is 9.84 Å². The van der Waals surface area contributed by atoms with E-state index in [1.807, 2.05) is 25.1 Å². The molecule has 0 spiro atoms. The van der Waals surface area contributed by atoms with Crippen LogP contribution in [0.1, 0.15) is 11.3 Å². The number of carbonyl (C=O) groups excluding carboxylic acids is 1. The molecule has 0 radical (unpaired) electrons. The van der Waals surface area contributed by atoms with Crippen molar-refractivity contribution in [2.24, 2.45) is 0 Å². The third-order valence-corrected chi connectivity index (χ3v) is 4.44. The average molecular weight is 383 g/mol. The molecule has 5 nitrogen and oxygen atoms in total. The van der Waals surface area contributed by atoms with Crippen LogP contribution < -0.4 is 9.64 Å². The van der Waals surface area contributed by atoms with Crippen LogP contribution >= 0.6 is 11.6 Å². The minimum absolute atomic E-state index is 0.0177. The zero-order valence-electron chi connectivity index (χ0n) is 14.8. The number of halogens is 1. The summed E-state index contributed by atoms with van der Waals surface area (Å²) in [6.07, 6.45) is 1.66. The fourth-order valence-electron chi connectivity index (χ4n) is 2.58. The minimum atomic E-state index is -0.297. The molecule has 0 unspecified atom stereocenters. The topological polar surface area (TPSA) is 62.7 Å². The second-order valence-electron chi connectivity index (χ2n) is 5.99. The number of benzene rings is 2. The van der Waals surface area contributed by atoms with E-state index in [0.717, 1.165) is 5.56 Å². The molecule has 1 aromatic heterocycles. The number of phenolic OH excluding ortho intramolecular Hbond substituents is 1. The number of amides is 1. The van der Waals surface area contributed by atoms with Gasteiger partial charge in [-0.3, -0.25) is 14.7 Å². The first-order chi connectivity index (χ1) is 13.0. The van der Waals surface area contributed by atoms with Gasteiger partial charge in [0.25, 0.3) is 5.91 Å². The zero-order chi connectivity index (χ0) is 19.2. The van der Waals surface area contributed by atoms with Crippen molar-refractivity contribution in [3.8, 4) is 11.5 Å². The van der Waals surface area contributed by atoms with Gasteiger partial charge in [-0.25, -0.2) is 0 Å². The van der Waals surface area contributed by atoms with E-state index in [-0.39, 0.29) is 24.8 Å². The van der Waals surface area contributed by atoms with Gasteiger partial charge in [0, 0.05) is 11.2 Å². The van der Waals surface area contributed by atoms with Gasteiger partial charge in [0.15, 0.2) is 6.61 Å². The van der Waals surface area contributed by atoms with Crippen LogP contribution in [0, 0.1) is 6.92 Å². The highest BCUT2D eigenvalue weighted by atomic mass is 35.5. The van der Waals surface area contributed by atoms with E-state index in [0.29, 0.717) is 22.2 Å². The van der Waals surface area contributed by atoms with Crippen LogP contribution in [0.5, 0.6) is 11.5 Å². The second-order valence-corrected chi connectivity index (χ2v) is 6.40. The normalized spacial score (nSPS) is 10.4. The van der Waals surface area contributed by atoms with E-state index in [1.165, 1.54) is 11.0 Å². The van der Waals surface area contributed by atoms with Crippen molar-refractivity contribution in [3.05, 3.63) is 83.1 Å². The monoisotopic (exact) mass is 382 g/mol. The van der Waals surface area contributed by atoms with Crippen molar-refractivity contribution in [3.63, 3.8) is 0 Å². The Bertz CT molecular complexity index is 932. The molecule has 27 heavy (non-hydrogen) atoms. The second kappa shape index (κ2) is 8.56. The molecule has 0 saturated heterocycles. The molecular formula is C21H19ClN2O3. The number of ether oxygens (including phenoxy) is 1. The number of pyridine rings is 1. The summed E-state index contributed by atoms with van der Waals surface area (Å²) < 4.78 is 5.63. The zero-order valence-corrected chi connectivity index (χ0v) is 15.6. The number of hydrogen-bond donors (Lipinski definition) is 1. The number of aromatic nitrogens is 1. The van der Waals surface area contributed by atoms with Crippen LogP contribution in [0.15, 0.2) is 66.9 Å². The summed E-state index contributed by atoms with van der Waals surface area (Å²) in [7, 11) is 0. The first kappa shape index (κ1) is 18.7. The van der Waals surface area contributed by atoms with Gasteiger partial charge in [0.05, 0.1) is 17.9 Å². The summed E-state index contributed by atoms with van der Waals surface area (Å²) in [6.45, 7) is 1.91. The molecule has 0 aliphatic carbocycles. The van der Waals surface area contributed by atoms with Crippen LogP contribution in [0.2, 0.25) is 5.02 Å². The summed E-state index contributed by atoms with van der Waals surface area (Å²) in [6, 6.07) is 17.4. The predicted octanol–water partition coefficient (Wildman–Crippen LogP) is 4.36. The highest BCUT2D eigenvalue weighted by molar-refractivity contribution is 6.31. The largest absolute Gasteiger partial charge is 0.506 e. The number of para-hydroxylation sites is 2. The van der Waals surface area contributed by atoms with Gasteiger partial charge in [-0.1, -0.05) is 29.8 Å². The third kappa shape index (κ3) is 4.77. The quantitative estimate of drug-likeness (QED) is 0.688. The Labute approximate surface area is 162 Å². The van der Waals surface area contributed by atoms with E-state index in [1.54, 1.807) is 42.6 Å². The van der Waals surface area contributed by atoms with Gasteiger partial charge >= 0.3 is 0 Å². The average Bonchev–Trinajstić information content (AvgIpc) is 2.68. The number of phenols is 1. The Morgan fingerprint density at radius 1 is 1.15 bits per heavy atom. The maximum Gasteiger partial charge on any atom is 0.265 e. The summed E-state index contributed by atoms with van der Waals surface area (Å²) in [5.41, 5.74) is 1.98. The number of rotatable bonds is 6. The van der Waals surface area contributed by atoms with Crippen LogP contribution in [0.25, 0.3) is 0 Å². The van der Waals surface area contributed by atoms with E-state index in [4.69, 9.17) is 16.3 Å². The Balaban J connectivity index is 1.80. The molecule has 0 aliphatic heterocycles. The standard InChI is InChI=1S/C21H19ClN2O3/c1-15-12-17(9-10-18(15)22)27-14-21(26)24(13-16-6-4-5-11-23-16)19-7-2-3-8-20(19)25/h2-12,25H,13-14H2,1H3. The number of hydrogen-bond acceptors (Lipinski definition) is 4. The van der Waals surface area contributed by atoms with Crippen molar-refractivity contribution >= 4 is 23.2 Å². The van der Waals surface area contributed by atoms with Crippen LogP contribution in [-0.4, -0.2) is 22.6 Å². The lowest BCUT2D eigenvalue weighted by atomic mass is 10.2. The van der Waals surface area contributed by atoms with Gasteiger partial charge in [-0.05, 0) is 55.0 Å². The molecule has 0 atom stereocenters. The molecule has 0 fully saturated rings.